The van der Waals surface area contributed by atoms with Gasteiger partial charge in [-0.05, 0) is 23.8 Å². The van der Waals surface area contributed by atoms with E-state index in [1.165, 1.54) is 42.5 Å². The predicted octanol–water partition coefficient (Wildman–Crippen LogP) is 2.46. The average molecular weight is 330 g/mol. The first-order valence-corrected chi connectivity index (χ1v) is 8.07. The van der Waals surface area contributed by atoms with E-state index >= 15 is 0 Å². The van der Waals surface area contributed by atoms with Gasteiger partial charge in [0.05, 0.1) is 17.0 Å². The second kappa shape index (κ2) is 6.10. The lowest BCUT2D eigenvalue weighted by atomic mass is 10.0. The summed E-state index contributed by atoms with van der Waals surface area (Å²) >= 11 is 0. The molecule has 118 valence electrons. The van der Waals surface area contributed by atoms with Gasteiger partial charge in [0.25, 0.3) is 0 Å². The van der Waals surface area contributed by atoms with Crippen molar-refractivity contribution in [3.05, 3.63) is 65.7 Å². The Balaban J connectivity index is 2.60. The second-order valence-corrected chi connectivity index (χ2v) is 6.85. The molecule has 7 heteroatoms. The molecule has 0 spiro atoms. The van der Waals surface area contributed by atoms with Gasteiger partial charge in [-0.15, -0.1) is 0 Å². The highest BCUT2D eigenvalue weighted by Crippen LogP contribution is 2.38. The van der Waals surface area contributed by atoms with Gasteiger partial charge in [-0.25, -0.2) is 8.42 Å². The highest BCUT2D eigenvalue weighted by atomic mass is 32.2. The SMILES string of the molecule is [NH3+]C[C@@H](c1ccccc1C(F)(F)F)S(=O)(=O)c1ccccc1. The van der Waals surface area contributed by atoms with E-state index in [2.05, 4.69) is 5.73 Å². The van der Waals surface area contributed by atoms with Gasteiger partial charge in [0.1, 0.15) is 5.25 Å². The predicted molar refractivity (Wildman–Crippen MR) is 75.6 cm³/mol. The van der Waals surface area contributed by atoms with Crippen LogP contribution in [0.1, 0.15) is 16.4 Å². The van der Waals surface area contributed by atoms with Crippen LogP contribution in [0.2, 0.25) is 0 Å². The molecule has 0 radical (unpaired) electrons. The highest BCUT2D eigenvalue weighted by Gasteiger charge is 2.39. The normalized spacial score (nSPS) is 13.8. The quantitative estimate of drug-likeness (QED) is 0.936. The monoisotopic (exact) mass is 330 g/mol. The molecule has 3 N–H and O–H groups in total. The third-order valence-corrected chi connectivity index (χ3v) is 5.49. The number of hydrogen-bond donors (Lipinski definition) is 1. The molecule has 22 heavy (non-hydrogen) atoms. The van der Waals surface area contributed by atoms with Crippen molar-refractivity contribution in [3.8, 4) is 0 Å². The van der Waals surface area contributed by atoms with Crippen molar-refractivity contribution in [3.63, 3.8) is 0 Å². The van der Waals surface area contributed by atoms with Crippen LogP contribution in [0.4, 0.5) is 13.2 Å². The first-order valence-electron chi connectivity index (χ1n) is 6.53. The van der Waals surface area contributed by atoms with Gasteiger partial charge in [-0.1, -0.05) is 36.4 Å². The lowest BCUT2D eigenvalue weighted by molar-refractivity contribution is -0.367. The van der Waals surface area contributed by atoms with Gasteiger partial charge in [0.2, 0.25) is 0 Å². The molecule has 2 aromatic carbocycles. The molecule has 2 rings (SSSR count). The second-order valence-electron chi connectivity index (χ2n) is 4.72. The molecule has 0 saturated heterocycles. The van der Waals surface area contributed by atoms with Crippen LogP contribution in [0.3, 0.4) is 0 Å². The summed E-state index contributed by atoms with van der Waals surface area (Å²) in [4.78, 5) is -0.0133. The van der Waals surface area contributed by atoms with Crippen LogP contribution in [-0.2, 0) is 16.0 Å². The Bertz CT molecular complexity index is 743. The minimum absolute atomic E-state index is 0.0133. The number of halogens is 3. The molecule has 0 fully saturated rings. The molecule has 1 atom stereocenters. The van der Waals surface area contributed by atoms with Gasteiger partial charge in [0.15, 0.2) is 9.84 Å². The van der Waals surface area contributed by atoms with Crippen LogP contribution < -0.4 is 5.73 Å². The first kappa shape index (κ1) is 16.5. The average Bonchev–Trinajstić information content (AvgIpc) is 2.48. The number of quaternary nitrogens is 1. The van der Waals surface area contributed by atoms with Gasteiger partial charge >= 0.3 is 6.18 Å². The van der Waals surface area contributed by atoms with Crippen molar-refractivity contribution in [2.75, 3.05) is 6.54 Å². The van der Waals surface area contributed by atoms with Gasteiger partial charge < -0.3 is 5.73 Å². The Morgan fingerprint density at radius 3 is 2.05 bits per heavy atom. The lowest BCUT2D eigenvalue weighted by Gasteiger charge is -2.19. The van der Waals surface area contributed by atoms with Crippen LogP contribution in [0.5, 0.6) is 0 Å². The smallest absolute Gasteiger partial charge is 0.356 e. The van der Waals surface area contributed by atoms with E-state index in [9.17, 15) is 21.6 Å². The van der Waals surface area contributed by atoms with Crippen LogP contribution in [0.25, 0.3) is 0 Å². The van der Waals surface area contributed by atoms with E-state index < -0.39 is 26.8 Å². The van der Waals surface area contributed by atoms with Crippen LogP contribution in [0, 0.1) is 0 Å². The van der Waals surface area contributed by atoms with Gasteiger partial charge in [-0.3, -0.25) is 0 Å². The number of sulfone groups is 1. The summed E-state index contributed by atoms with van der Waals surface area (Å²) in [6.07, 6.45) is -4.61. The molecule has 0 bridgehead atoms. The summed E-state index contributed by atoms with van der Waals surface area (Å²) in [5, 5.41) is -1.34. The molecule has 0 saturated carbocycles. The third kappa shape index (κ3) is 3.15. The first-order chi connectivity index (χ1) is 10.3. The maximum Gasteiger partial charge on any atom is 0.416 e. The minimum atomic E-state index is -4.61. The zero-order chi connectivity index (χ0) is 16.4. The Labute approximate surface area is 126 Å². The summed E-state index contributed by atoms with van der Waals surface area (Å²) in [5.74, 6) is 0. The third-order valence-electron chi connectivity index (χ3n) is 3.32. The van der Waals surface area contributed by atoms with Crippen molar-refractivity contribution in [2.24, 2.45) is 0 Å². The topological polar surface area (TPSA) is 61.8 Å². The zero-order valence-corrected chi connectivity index (χ0v) is 12.4. The standard InChI is InChI=1S/C15H14F3NO2S/c16-15(17,18)13-9-5-4-8-12(13)14(10-19)22(20,21)11-6-2-1-3-7-11/h1-9,14H,10,19H2/p+1/t14-/m0/s1. The van der Waals surface area contributed by atoms with E-state index in [4.69, 9.17) is 0 Å². The molecule has 0 heterocycles. The molecule has 0 aliphatic rings. The van der Waals surface area contributed by atoms with Crippen LogP contribution in [0.15, 0.2) is 59.5 Å². The Morgan fingerprint density at radius 1 is 0.955 bits per heavy atom. The lowest BCUT2D eigenvalue weighted by Crippen LogP contribution is -2.54. The van der Waals surface area contributed by atoms with Gasteiger partial charge in [-0.2, -0.15) is 13.2 Å². The highest BCUT2D eigenvalue weighted by molar-refractivity contribution is 7.91. The van der Waals surface area contributed by atoms with Crippen molar-refractivity contribution < 1.29 is 27.3 Å². The Kier molecular flexibility index (Phi) is 4.58. The molecule has 0 amide bonds. The maximum atomic E-state index is 13.1. The molecule has 0 aromatic heterocycles. The fourth-order valence-corrected chi connectivity index (χ4v) is 4.00. The number of benzene rings is 2. The molecule has 0 aliphatic heterocycles. The van der Waals surface area contributed by atoms with Crippen LogP contribution >= 0.6 is 0 Å². The largest absolute Gasteiger partial charge is 0.416 e. The summed E-state index contributed by atoms with van der Waals surface area (Å²) in [6, 6.07) is 12.2. The Hall–Kier alpha value is -1.86. The fourth-order valence-electron chi connectivity index (χ4n) is 2.29. The van der Waals surface area contributed by atoms with Crippen molar-refractivity contribution in [1.29, 1.82) is 0 Å². The van der Waals surface area contributed by atoms with Crippen molar-refractivity contribution >= 4 is 9.84 Å². The number of rotatable bonds is 4. The van der Waals surface area contributed by atoms with E-state index in [0.717, 1.165) is 6.07 Å². The van der Waals surface area contributed by atoms with E-state index in [1.54, 1.807) is 6.07 Å². The zero-order valence-electron chi connectivity index (χ0n) is 11.5. The fraction of sp³-hybridized carbons (Fsp3) is 0.200. The minimum Gasteiger partial charge on any atom is -0.356 e. The van der Waals surface area contributed by atoms with Crippen LogP contribution in [-0.4, -0.2) is 15.0 Å². The van der Waals surface area contributed by atoms with Crippen molar-refractivity contribution in [2.45, 2.75) is 16.3 Å². The molecular formula is C15H15F3NO2S+. The molecule has 3 nitrogen and oxygen atoms in total. The van der Waals surface area contributed by atoms with E-state index in [0.29, 0.717) is 0 Å². The molecule has 0 aliphatic carbocycles. The molecular weight excluding hydrogens is 315 g/mol. The summed E-state index contributed by atoms with van der Waals surface area (Å²) in [7, 11) is -3.95. The summed E-state index contributed by atoms with van der Waals surface area (Å²) < 4.78 is 64.6. The van der Waals surface area contributed by atoms with Crippen molar-refractivity contribution in [1.82, 2.24) is 0 Å². The molecule has 2 aromatic rings. The molecule has 0 unspecified atom stereocenters. The maximum absolute atomic E-state index is 13.1. The van der Waals surface area contributed by atoms with Gasteiger partial charge in [0, 0.05) is 0 Å². The number of alkyl halides is 3. The number of hydrogen-bond acceptors (Lipinski definition) is 2. The van der Waals surface area contributed by atoms with E-state index in [1.807, 2.05) is 0 Å². The Morgan fingerprint density at radius 2 is 1.50 bits per heavy atom. The van der Waals surface area contributed by atoms with E-state index in [-0.39, 0.29) is 17.0 Å². The summed E-state index contributed by atoms with van der Waals surface area (Å²) in [5.41, 5.74) is 2.32. The summed E-state index contributed by atoms with van der Waals surface area (Å²) in [6.45, 7) is -0.190.